The summed E-state index contributed by atoms with van der Waals surface area (Å²) in [6, 6.07) is 0. The van der Waals surface area contributed by atoms with Crippen molar-refractivity contribution >= 4 is 30.8 Å². The molecule has 0 saturated carbocycles. The Labute approximate surface area is 164 Å². The molecule has 25 heavy (non-hydrogen) atoms. The van der Waals surface area contributed by atoms with Gasteiger partial charge in [0.05, 0.1) is 0 Å². The van der Waals surface area contributed by atoms with E-state index in [1.54, 1.807) is 0 Å². The Kier molecular flexibility index (Phi) is 17.4. The van der Waals surface area contributed by atoms with Gasteiger partial charge in [0.15, 0.2) is 0 Å². The molecule has 0 unspecified atom stereocenters. The molecular weight excluding hydrogens is 449 g/mol. The van der Waals surface area contributed by atoms with Crippen molar-refractivity contribution in [2.45, 2.75) is 17.9 Å². The number of rotatable bonds is 5. The number of hydrogen-bond donors (Lipinski definition) is 12. The Morgan fingerprint density at radius 2 is 0.920 bits per heavy atom. The number of hydrogen-bond acceptors (Lipinski definition) is 6. The molecule has 13 N–H and O–H groups in total. The standard InChI is InChI=1S/C4H13NO7P2.Na.2H3O4P.H/c5-3-1-2-4(6,13(7,8)9)14(10,11)12;;2*1-5(2,3)4;/h6H,1-3,5H2,(H2,7,8,9)(H2,10,11,12);;2*(H3,1,2,3,4);/q;+1;;;-1. The van der Waals surface area contributed by atoms with Crippen LogP contribution in [0.1, 0.15) is 14.3 Å². The SMILES string of the molecule is NCCCC(O)(P(=O)(O)O)P(=O)(O)O.O=P(O)(O)O.O=P(O)(O)O.[H-].[Na+]. The molecule has 0 aliphatic carbocycles. The minimum Gasteiger partial charge on any atom is -1.00 e. The van der Waals surface area contributed by atoms with Crippen LogP contribution in [0.25, 0.3) is 0 Å². The summed E-state index contributed by atoms with van der Waals surface area (Å²) in [7, 11) is -19.9. The van der Waals surface area contributed by atoms with Crippen molar-refractivity contribution in [2.24, 2.45) is 5.73 Å². The summed E-state index contributed by atoms with van der Waals surface area (Å²) in [5, 5.41) is 5.91. The van der Waals surface area contributed by atoms with Crippen LogP contribution >= 0.6 is 30.8 Å². The molecule has 21 heteroatoms. The maximum Gasteiger partial charge on any atom is 1.00 e. The Morgan fingerprint density at radius 3 is 1.04 bits per heavy atom. The molecule has 0 aromatic rings. The minimum atomic E-state index is -5.30. The second-order valence-electron chi connectivity index (χ2n) is 3.78. The zero-order valence-corrected chi connectivity index (χ0v) is 18.1. The summed E-state index contributed by atoms with van der Waals surface area (Å²) >= 11 is 0. The van der Waals surface area contributed by atoms with Gasteiger partial charge in [0.25, 0.3) is 5.08 Å². The Morgan fingerprint density at radius 1 is 0.720 bits per heavy atom. The summed E-state index contributed by atoms with van der Waals surface area (Å²) < 4.78 is 39.2. The Balaban J connectivity index is -0.000000102. The number of nitrogens with two attached hydrogens (primary N) is 1. The molecule has 0 amide bonds. The predicted molar refractivity (Wildman–Crippen MR) is 77.0 cm³/mol. The van der Waals surface area contributed by atoms with Gasteiger partial charge in [-0.2, -0.15) is 0 Å². The summed E-state index contributed by atoms with van der Waals surface area (Å²) in [6.45, 7) is -0.0394. The number of aliphatic hydroxyl groups is 1. The molecule has 0 aliphatic heterocycles. The summed E-state index contributed by atoms with van der Waals surface area (Å²) in [6.07, 6.45) is -0.856. The van der Waals surface area contributed by atoms with E-state index in [9.17, 15) is 14.2 Å². The van der Waals surface area contributed by atoms with E-state index in [1.165, 1.54) is 0 Å². The van der Waals surface area contributed by atoms with Crippen LogP contribution in [0.3, 0.4) is 0 Å². The summed E-state index contributed by atoms with van der Waals surface area (Å²) in [4.78, 5) is 77.6. The van der Waals surface area contributed by atoms with E-state index in [0.29, 0.717) is 0 Å². The second-order valence-corrected chi connectivity index (χ2v) is 9.84. The van der Waals surface area contributed by atoms with Gasteiger partial charge in [0.1, 0.15) is 0 Å². The van der Waals surface area contributed by atoms with Crippen LogP contribution < -0.4 is 35.3 Å². The normalized spacial score (nSPS) is 12.8. The molecule has 16 nitrogen and oxygen atoms in total. The summed E-state index contributed by atoms with van der Waals surface area (Å²) in [5.41, 5.74) is 5.01. The Hall–Kier alpha value is 1.44. The third kappa shape index (κ3) is 23.4. The van der Waals surface area contributed by atoms with Gasteiger partial charge in [0, 0.05) is 6.42 Å². The largest absolute Gasteiger partial charge is 1.00 e. The van der Waals surface area contributed by atoms with Gasteiger partial charge >= 0.3 is 60.4 Å². The molecular formula is C4H20NNaO15P4. The third-order valence-electron chi connectivity index (χ3n) is 1.65. The van der Waals surface area contributed by atoms with E-state index < -0.39 is 42.3 Å². The molecule has 0 fully saturated rings. The first-order valence-electron chi connectivity index (χ1n) is 5.16. The van der Waals surface area contributed by atoms with Crippen LogP contribution in [0.5, 0.6) is 0 Å². The van der Waals surface area contributed by atoms with Crippen LogP contribution in [0, 0.1) is 0 Å². The van der Waals surface area contributed by atoms with Gasteiger partial charge in [-0.3, -0.25) is 9.13 Å². The minimum absolute atomic E-state index is 0. The molecule has 0 saturated heterocycles. The molecule has 0 bridgehead atoms. The van der Waals surface area contributed by atoms with Gasteiger partial charge in [-0.1, -0.05) is 0 Å². The van der Waals surface area contributed by atoms with Crippen LogP contribution in [-0.4, -0.2) is 65.7 Å². The zero-order chi connectivity index (χ0) is 20.6. The molecule has 0 radical (unpaired) electrons. The first-order chi connectivity index (χ1) is 10.1. The van der Waals surface area contributed by atoms with Crippen molar-refractivity contribution in [3.63, 3.8) is 0 Å². The topological polar surface area (TPSA) is 317 Å². The number of phosphoric acid groups is 2. The average Bonchev–Trinajstić information content (AvgIpc) is 2.17. The van der Waals surface area contributed by atoms with Gasteiger partial charge in [0.2, 0.25) is 0 Å². The van der Waals surface area contributed by atoms with E-state index in [1.807, 2.05) is 0 Å². The molecule has 0 rings (SSSR count). The van der Waals surface area contributed by atoms with Gasteiger partial charge in [-0.25, -0.2) is 9.13 Å². The smallest absolute Gasteiger partial charge is 1.00 e. The van der Waals surface area contributed by atoms with Crippen molar-refractivity contribution in [1.82, 2.24) is 0 Å². The molecule has 0 atom stereocenters. The molecule has 0 aromatic carbocycles. The average molecular weight is 469 g/mol. The van der Waals surface area contributed by atoms with Crippen molar-refractivity contribution in [3.8, 4) is 0 Å². The Bertz CT molecular complexity index is 489. The van der Waals surface area contributed by atoms with Crippen molar-refractivity contribution in [3.05, 3.63) is 0 Å². The zero-order valence-electron chi connectivity index (χ0n) is 13.5. The molecule has 0 aliphatic rings. The van der Waals surface area contributed by atoms with Crippen LogP contribution in [0.15, 0.2) is 0 Å². The molecule has 0 aromatic heterocycles. The van der Waals surface area contributed by atoms with Crippen molar-refractivity contribution < 1.29 is 103 Å². The van der Waals surface area contributed by atoms with Gasteiger partial charge < -0.3 is 61.2 Å². The molecule has 0 heterocycles. The van der Waals surface area contributed by atoms with Crippen LogP contribution in [0.2, 0.25) is 0 Å². The van der Waals surface area contributed by atoms with Crippen LogP contribution in [-0.2, 0) is 18.3 Å². The van der Waals surface area contributed by atoms with E-state index >= 15 is 0 Å². The molecule has 152 valence electrons. The van der Waals surface area contributed by atoms with Crippen molar-refractivity contribution in [1.29, 1.82) is 0 Å². The maximum atomic E-state index is 10.7. The fraction of sp³-hybridized carbons (Fsp3) is 1.00. The molecule has 0 spiro atoms. The first-order valence-corrected chi connectivity index (χ1v) is 11.5. The monoisotopic (exact) mass is 469 g/mol. The van der Waals surface area contributed by atoms with E-state index in [0.717, 1.165) is 0 Å². The fourth-order valence-corrected chi connectivity index (χ4v) is 3.06. The van der Waals surface area contributed by atoms with Crippen molar-refractivity contribution in [2.75, 3.05) is 6.54 Å². The van der Waals surface area contributed by atoms with E-state index in [4.69, 9.17) is 63.8 Å². The predicted octanol–water partition coefficient (Wildman–Crippen LogP) is -6.01. The van der Waals surface area contributed by atoms with E-state index in [2.05, 4.69) is 0 Å². The second kappa shape index (κ2) is 12.8. The fourth-order valence-electron chi connectivity index (χ4n) is 0.800. The quantitative estimate of drug-likeness (QED) is 0.132. The van der Waals surface area contributed by atoms with Gasteiger partial charge in [-0.15, -0.1) is 0 Å². The van der Waals surface area contributed by atoms with Gasteiger partial charge in [-0.05, 0) is 13.0 Å². The summed E-state index contributed by atoms with van der Waals surface area (Å²) in [5.74, 6) is 0. The van der Waals surface area contributed by atoms with Crippen LogP contribution in [0.4, 0.5) is 0 Å². The first kappa shape index (κ1) is 34.0. The van der Waals surface area contributed by atoms with E-state index in [-0.39, 0.29) is 43.9 Å². The third-order valence-corrected chi connectivity index (χ3v) is 5.53. The maximum absolute atomic E-state index is 10.7.